The lowest BCUT2D eigenvalue weighted by Crippen LogP contribution is -2.35. The molecule has 0 amide bonds. The minimum Gasteiger partial charge on any atom is -0.347 e. The summed E-state index contributed by atoms with van der Waals surface area (Å²) in [5.74, 6) is 1.90. The molecule has 1 fully saturated rings. The molecule has 5 nitrogen and oxygen atoms in total. The number of nitrogens with zero attached hydrogens (tertiary/aromatic N) is 5. The molecule has 0 bridgehead atoms. The van der Waals surface area contributed by atoms with Crippen molar-refractivity contribution in [2.24, 2.45) is 5.92 Å². The number of hydrogen-bond donors (Lipinski definition) is 0. The van der Waals surface area contributed by atoms with Crippen molar-refractivity contribution >= 4 is 23.5 Å². The van der Waals surface area contributed by atoms with E-state index >= 15 is 0 Å². The molecule has 0 aliphatic carbocycles. The van der Waals surface area contributed by atoms with Gasteiger partial charge in [0.15, 0.2) is 0 Å². The van der Waals surface area contributed by atoms with Crippen LogP contribution in [-0.2, 0) is 0 Å². The van der Waals surface area contributed by atoms with Crippen molar-refractivity contribution in [3.8, 4) is 0 Å². The van der Waals surface area contributed by atoms with E-state index in [2.05, 4.69) is 33.7 Å². The molecule has 18 heavy (non-hydrogen) atoms. The van der Waals surface area contributed by atoms with Crippen LogP contribution in [0.2, 0.25) is 5.28 Å². The van der Waals surface area contributed by atoms with Crippen molar-refractivity contribution in [1.82, 2.24) is 15.0 Å². The minimum absolute atomic E-state index is 0.262. The molecule has 1 aromatic heterocycles. The van der Waals surface area contributed by atoms with Crippen molar-refractivity contribution in [2.75, 3.05) is 30.4 Å². The Bertz CT molecular complexity index is 421. The van der Waals surface area contributed by atoms with E-state index in [1.54, 1.807) is 0 Å². The second kappa shape index (κ2) is 5.26. The van der Waals surface area contributed by atoms with Gasteiger partial charge < -0.3 is 9.80 Å². The SMILES string of the molecule is CC(C)C1CCCN1c1nc(Cl)nc(N(C)C)n1. The summed E-state index contributed by atoms with van der Waals surface area (Å²) >= 11 is 5.98. The molecule has 1 aliphatic heterocycles. The lowest BCUT2D eigenvalue weighted by molar-refractivity contribution is 0.486. The lowest BCUT2D eigenvalue weighted by Gasteiger charge is -2.28. The van der Waals surface area contributed by atoms with Gasteiger partial charge in [-0.2, -0.15) is 15.0 Å². The molecule has 1 atom stereocenters. The van der Waals surface area contributed by atoms with E-state index in [0.29, 0.717) is 23.9 Å². The summed E-state index contributed by atoms with van der Waals surface area (Å²) in [6.45, 7) is 5.47. The second-order valence-corrected chi connectivity index (χ2v) is 5.58. The monoisotopic (exact) mass is 269 g/mol. The minimum atomic E-state index is 0.262. The number of hydrogen-bond acceptors (Lipinski definition) is 5. The lowest BCUT2D eigenvalue weighted by atomic mass is 10.0. The molecule has 100 valence electrons. The zero-order valence-corrected chi connectivity index (χ0v) is 12.1. The van der Waals surface area contributed by atoms with Gasteiger partial charge in [-0.25, -0.2) is 0 Å². The predicted molar refractivity (Wildman–Crippen MR) is 74.4 cm³/mol. The van der Waals surface area contributed by atoms with E-state index in [-0.39, 0.29) is 5.28 Å². The average molecular weight is 270 g/mol. The van der Waals surface area contributed by atoms with Crippen molar-refractivity contribution in [3.05, 3.63) is 5.28 Å². The van der Waals surface area contributed by atoms with Crippen molar-refractivity contribution in [1.29, 1.82) is 0 Å². The summed E-state index contributed by atoms with van der Waals surface area (Å²) in [6, 6.07) is 0.499. The molecule has 1 aliphatic rings. The fourth-order valence-electron chi connectivity index (χ4n) is 2.39. The number of rotatable bonds is 3. The maximum Gasteiger partial charge on any atom is 0.231 e. The fraction of sp³-hybridized carbons (Fsp3) is 0.750. The van der Waals surface area contributed by atoms with Gasteiger partial charge in [-0.15, -0.1) is 0 Å². The maximum absolute atomic E-state index is 5.98. The fourth-order valence-corrected chi connectivity index (χ4v) is 2.54. The molecule has 0 spiro atoms. The first-order valence-electron chi connectivity index (χ1n) is 6.34. The Kier molecular flexibility index (Phi) is 3.90. The van der Waals surface area contributed by atoms with Crippen molar-refractivity contribution < 1.29 is 0 Å². The second-order valence-electron chi connectivity index (χ2n) is 5.25. The normalized spacial score (nSPS) is 19.7. The van der Waals surface area contributed by atoms with Crippen LogP contribution in [0, 0.1) is 5.92 Å². The van der Waals surface area contributed by atoms with Gasteiger partial charge in [0.05, 0.1) is 0 Å². The maximum atomic E-state index is 5.98. The molecule has 2 heterocycles. The number of anilines is 2. The van der Waals surface area contributed by atoms with Gasteiger partial charge in [-0.1, -0.05) is 13.8 Å². The summed E-state index contributed by atoms with van der Waals surface area (Å²) in [5, 5.41) is 0.262. The Labute approximate surface area is 113 Å². The van der Waals surface area contributed by atoms with Gasteiger partial charge in [0.25, 0.3) is 0 Å². The van der Waals surface area contributed by atoms with Gasteiger partial charge in [0.1, 0.15) is 0 Å². The molecular formula is C12H20ClN5. The van der Waals surface area contributed by atoms with Crippen LogP contribution < -0.4 is 9.80 Å². The Morgan fingerprint density at radius 2 is 2.00 bits per heavy atom. The van der Waals surface area contributed by atoms with Gasteiger partial charge in [0.2, 0.25) is 17.2 Å². The van der Waals surface area contributed by atoms with Gasteiger partial charge in [-0.05, 0) is 30.4 Å². The van der Waals surface area contributed by atoms with Crippen LogP contribution in [-0.4, -0.2) is 41.6 Å². The predicted octanol–water partition coefficient (Wildman–Crippen LogP) is 2.22. The Morgan fingerprint density at radius 1 is 1.28 bits per heavy atom. The van der Waals surface area contributed by atoms with Crippen LogP contribution in [0.3, 0.4) is 0 Å². The molecule has 1 saturated heterocycles. The zero-order chi connectivity index (χ0) is 13.3. The first-order valence-corrected chi connectivity index (χ1v) is 6.72. The standard InChI is InChI=1S/C12H20ClN5/c1-8(2)9-6-5-7-18(9)12-15-10(13)14-11(16-12)17(3)4/h8-9H,5-7H2,1-4H3. The van der Waals surface area contributed by atoms with E-state index in [9.17, 15) is 0 Å². The van der Waals surface area contributed by atoms with Gasteiger partial charge in [-0.3, -0.25) is 0 Å². The van der Waals surface area contributed by atoms with Crippen LogP contribution in [0.5, 0.6) is 0 Å². The third-order valence-electron chi connectivity index (χ3n) is 3.31. The van der Waals surface area contributed by atoms with Crippen LogP contribution in [0.25, 0.3) is 0 Å². The van der Waals surface area contributed by atoms with E-state index in [1.165, 1.54) is 12.8 Å². The molecule has 0 aromatic carbocycles. The molecule has 1 aromatic rings. The highest BCUT2D eigenvalue weighted by Gasteiger charge is 2.29. The first kappa shape index (κ1) is 13.3. The number of aromatic nitrogens is 3. The van der Waals surface area contributed by atoms with Crippen molar-refractivity contribution in [3.63, 3.8) is 0 Å². The zero-order valence-electron chi connectivity index (χ0n) is 11.4. The molecule has 1 unspecified atom stereocenters. The Hall–Kier alpha value is -1.10. The van der Waals surface area contributed by atoms with E-state index in [0.717, 1.165) is 6.54 Å². The van der Waals surface area contributed by atoms with Crippen LogP contribution >= 0.6 is 11.6 Å². The highest BCUT2D eigenvalue weighted by atomic mass is 35.5. The smallest absolute Gasteiger partial charge is 0.231 e. The van der Waals surface area contributed by atoms with Gasteiger partial charge in [0, 0.05) is 26.7 Å². The molecule has 0 saturated carbocycles. The summed E-state index contributed by atoms with van der Waals surface area (Å²) in [5.41, 5.74) is 0. The highest BCUT2D eigenvalue weighted by Crippen LogP contribution is 2.28. The molecule has 6 heteroatoms. The molecule has 0 radical (unpaired) electrons. The third-order valence-corrected chi connectivity index (χ3v) is 3.48. The quantitative estimate of drug-likeness (QED) is 0.842. The topological polar surface area (TPSA) is 45.2 Å². The van der Waals surface area contributed by atoms with Gasteiger partial charge >= 0.3 is 0 Å². The first-order chi connectivity index (χ1) is 8.49. The summed E-state index contributed by atoms with van der Waals surface area (Å²) < 4.78 is 0. The Morgan fingerprint density at radius 3 is 2.61 bits per heavy atom. The van der Waals surface area contributed by atoms with Crippen molar-refractivity contribution in [2.45, 2.75) is 32.7 Å². The summed E-state index contributed by atoms with van der Waals surface area (Å²) in [4.78, 5) is 17.0. The average Bonchev–Trinajstić information content (AvgIpc) is 2.76. The van der Waals surface area contributed by atoms with Crippen LogP contribution in [0.1, 0.15) is 26.7 Å². The molecular weight excluding hydrogens is 250 g/mol. The Balaban J connectivity index is 2.32. The van der Waals surface area contributed by atoms with E-state index in [1.807, 2.05) is 19.0 Å². The molecule has 2 rings (SSSR count). The summed E-state index contributed by atoms with van der Waals surface area (Å²) in [7, 11) is 3.80. The van der Waals surface area contributed by atoms with E-state index < -0.39 is 0 Å². The summed E-state index contributed by atoms with van der Waals surface area (Å²) in [6.07, 6.45) is 2.38. The highest BCUT2D eigenvalue weighted by molar-refractivity contribution is 6.28. The van der Waals surface area contributed by atoms with E-state index in [4.69, 9.17) is 11.6 Å². The third kappa shape index (κ3) is 2.66. The van der Waals surface area contributed by atoms with Crippen LogP contribution in [0.15, 0.2) is 0 Å². The molecule has 0 N–H and O–H groups in total. The van der Waals surface area contributed by atoms with Crippen LogP contribution in [0.4, 0.5) is 11.9 Å². The largest absolute Gasteiger partial charge is 0.347 e. The number of halogens is 1.